The fraction of sp³-hybridized carbons (Fsp3) is 0.150. The van der Waals surface area contributed by atoms with E-state index in [1.165, 1.54) is 0 Å². The predicted molar refractivity (Wildman–Crippen MR) is 113 cm³/mol. The summed E-state index contributed by atoms with van der Waals surface area (Å²) in [5.41, 5.74) is 1.27. The van der Waals surface area contributed by atoms with Crippen LogP contribution in [0.1, 0.15) is 12.5 Å². The zero-order chi connectivity index (χ0) is 20.1. The number of imide groups is 1. The molecular formula is C20H17BrN2O4S. The molecule has 8 heteroatoms. The molecule has 0 spiro atoms. The number of carbonyl (C=O) groups excluding carboxylic acids is 3. The Morgan fingerprint density at radius 2 is 1.89 bits per heavy atom. The van der Waals surface area contributed by atoms with Crippen LogP contribution in [0.4, 0.5) is 10.5 Å². The van der Waals surface area contributed by atoms with Gasteiger partial charge in [-0.25, -0.2) is 0 Å². The monoisotopic (exact) mass is 460 g/mol. The predicted octanol–water partition coefficient (Wildman–Crippen LogP) is 4.52. The summed E-state index contributed by atoms with van der Waals surface area (Å²) in [7, 11) is 0. The van der Waals surface area contributed by atoms with Gasteiger partial charge in [0.25, 0.3) is 11.1 Å². The van der Waals surface area contributed by atoms with E-state index in [2.05, 4.69) is 21.2 Å². The van der Waals surface area contributed by atoms with Crippen molar-refractivity contribution in [2.24, 2.45) is 0 Å². The third-order valence-corrected chi connectivity index (χ3v) is 5.43. The van der Waals surface area contributed by atoms with Crippen molar-refractivity contribution >= 4 is 56.5 Å². The van der Waals surface area contributed by atoms with Crippen LogP contribution in [0.15, 0.2) is 57.9 Å². The molecule has 0 radical (unpaired) electrons. The Balaban J connectivity index is 1.73. The van der Waals surface area contributed by atoms with Gasteiger partial charge in [0.1, 0.15) is 12.3 Å². The summed E-state index contributed by atoms with van der Waals surface area (Å²) in [6, 6.07) is 14.4. The summed E-state index contributed by atoms with van der Waals surface area (Å²) >= 11 is 4.15. The first-order chi connectivity index (χ1) is 13.5. The van der Waals surface area contributed by atoms with Crippen LogP contribution < -0.4 is 10.1 Å². The molecule has 1 N–H and O–H groups in total. The van der Waals surface area contributed by atoms with Crippen LogP contribution >= 0.6 is 27.7 Å². The quantitative estimate of drug-likeness (QED) is 0.641. The number of hydrogen-bond donors (Lipinski definition) is 1. The molecule has 6 nitrogen and oxygen atoms in total. The van der Waals surface area contributed by atoms with E-state index in [4.69, 9.17) is 4.74 Å². The van der Waals surface area contributed by atoms with E-state index in [1.54, 1.807) is 36.4 Å². The normalized spacial score (nSPS) is 15.2. The van der Waals surface area contributed by atoms with Crippen LogP contribution in [-0.4, -0.2) is 35.1 Å². The van der Waals surface area contributed by atoms with Gasteiger partial charge in [0.2, 0.25) is 5.91 Å². The van der Waals surface area contributed by atoms with E-state index < -0.39 is 17.1 Å². The van der Waals surface area contributed by atoms with Gasteiger partial charge in [-0.1, -0.05) is 30.3 Å². The van der Waals surface area contributed by atoms with Gasteiger partial charge < -0.3 is 10.1 Å². The molecule has 1 fully saturated rings. The molecule has 2 aromatic rings. The summed E-state index contributed by atoms with van der Waals surface area (Å²) < 4.78 is 6.26. The molecule has 0 unspecified atom stereocenters. The summed E-state index contributed by atoms with van der Waals surface area (Å²) in [5.74, 6) is -0.322. The number of amides is 3. The molecule has 1 aliphatic heterocycles. The number of halogens is 1. The van der Waals surface area contributed by atoms with Crippen LogP contribution in [0, 0.1) is 0 Å². The first-order valence-corrected chi connectivity index (χ1v) is 10.1. The number of nitrogens with one attached hydrogen (secondary N) is 1. The first-order valence-electron chi connectivity index (χ1n) is 8.51. The Labute approximate surface area is 175 Å². The number of hydrogen-bond acceptors (Lipinski definition) is 5. The highest BCUT2D eigenvalue weighted by Gasteiger charge is 2.36. The van der Waals surface area contributed by atoms with Crippen molar-refractivity contribution < 1.29 is 19.1 Å². The minimum atomic E-state index is -0.497. The molecule has 0 saturated carbocycles. The molecule has 1 saturated heterocycles. The Morgan fingerprint density at radius 3 is 2.64 bits per heavy atom. The van der Waals surface area contributed by atoms with Gasteiger partial charge in [-0.05, 0) is 58.9 Å². The lowest BCUT2D eigenvalue weighted by Gasteiger charge is -2.13. The summed E-state index contributed by atoms with van der Waals surface area (Å²) in [4.78, 5) is 38.4. The summed E-state index contributed by atoms with van der Waals surface area (Å²) in [6.45, 7) is 2.01. The number of ether oxygens (including phenoxy) is 1. The number of anilines is 1. The molecule has 0 aromatic heterocycles. The minimum Gasteiger partial charge on any atom is -0.493 e. The standard InChI is InChI=1S/C20H17BrN2O4S/c1-2-27-16-10-6-3-7-13(16)11-17-19(25)23(20(26)28-17)12-18(24)22-15-9-5-4-8-14(15)21/h3-11H,2,12H2,1H3,(H,22,24)/b17-11+. The van der Waals surface area contributed by atoms with Crippen LogP contribution in [0.5, 0.6) is 5.75 Å². The Hall–Kier alpha value is -2.58. The second kappa shape index (κ2) is 9.07. The van der Waals surface area contributed by atoms with E-state index in [0.29, 0.717) is 28.1 Å². The summed E-state index contributed by atoms with van der Waals surface area (Å²) in [6.07, 6.45) is 1.61. The largest absolute Gasteiger partial charge is 0.493 e. The number of thioether (sulfide) groups is 1. The van der Waals surface area contributed by atoms with E-state index >= 15 is 0 Å². The highest BCUT2D eigenvalue weighted by Crippen LogP contribution is 2.34. The van der Waals surface area contributed by atoms with Crippen molar-refractivity contribution in [2.75, 3.05) is 18.5 Å². The molecule has 3 rings (SSSR count). The number of rotatable bonds is 6. The third-order valence-electron chi connectivity index (χ3n) is 3.83. The van der Waals surface area contributed by atoms with Crippen molar-refractivity contribution in [1.82, 2.24) is 4.90 Å². The lowest BCUT2D eigenvalue weighted by atomic mass is 10.2. The molecule has 2 aromatic carbocycles. The SMILES string of the molecule is CCOc1ccccc1/C=C1/SC(=O)N(CC(=O)Nc2ccccc2Br)C1=O. The minimum absolute atomic E-state index is 0.255. The van der Waals surface area contributed by atoms with Gasteiger partial charge in [0.05, 0.1) is 17.2 Å². The zero-order valence-electron chi connectivity index (χ0n) is 15.0. The lowest BCUT2D eigenvalue weighted by Crippen LogP contribution is -2.36. The van der Waals surface area contributed by atoms with E-state index in [0.717, 1.165) is 16.7 Å². The highest BCUT2D eigenvalue weighted by atomic mass is 79.9. The molecule has 28 heavy (non-hydrogen) atoms. The van der Waals surface area contributed by atoms with Crippen LogP contribution in [0.25, 0.3) is 6.08 Å². The third kappa shape index (κ3) is 4.63. The van der Waals surface area contributed by atoms with Gasteiger partial charge >= 0.3 is 0 Å². The highest BCUT2D eigenvalue weighted by molar-refractivity contribution is 9.10. The molecule has 0 atom stereocenters. The Bertz CT molecular complexity index is 961. The van der Waals surface area contributed by atoms with Gasteiger partial charge in [-0.2, -0.15) is 0 Å². The number of carbonyl (C=O) groups is 3. The Kier molecular flexibility index (Phi) is 6.53. The second-order valence-electron chi connectivity index (χ2n) is 5.77. The molecule has 0 bridgehead atoms. The molecule has 3 amide bonds. The van der Waals surface area contributed by atoms with Crippen LogP contribution in [-0.2, 0) is 9.59 Å². The van der Waals surface area contributed by atoms with E-state index in [9.17, 15) is 14.4 Å². The van der Waals surface area contributed by atoms with Crippen LogP contribution in [0.2, 0.25) is 0 Å². The van der Waals surface area contributed by atoms with E-state index in [-0.39, 0.29) is 11.4 Å². The zero-order valence-corrected chi connectivity index (χ0v) is 17.4. The summed E-state index contributed by atoms with van der Waals surface area (Å²) in [5, 5.41) is 2.21. The average Bonchev–Trinajstić information content (AvgIpc) is 2.93. The van der Waals surface area contributed by atoms with Crippen molar-refractivity contribution in [3.8, 4) is 5.75 Å². The van der Waals surface area contributed by atoms with Gasteiger partial charge in [-0.15, -0.1) is 0 Å². The van der Waals surface area contributed by atoms with Gasteiger partial charge in [0.15, 0.2) is 0 Å². The van der Waals surface area contributed by atoms with Gasteiger partial charge in [-0.3, -0.25) is 19.3 Å². The Morgan fingerprint density at radius 1 is 1.18 bits per heavy atom. The molecule has 1 heterocycles. The maximum Gasteiger partial charge on any atom is 0.294 e. The smallest absolute Gasteiger partial charge is 0.294 e. The number of benzene rings is 2. The van der Waals surface area contributed by atoms with Crippen molar-refractivity contribution in [2.45, 2.75) is 6.92 Å². The average molecular weight is 461 g/mol. The van der Waals surface area contributed by atoms with Crippen molar-refractivity contribution in [1.29, 1.82) is 0 Å². The fourth-order valence-electron chi connectivity index (χ4n) is 2.56. The maximum absolute atomic E-state index is 12.6. The van der Waals surface area contributed by atoms with E-state index in [1.807, 2.05) is 25.1 Å². The second-order valence-corrected chi connectivity index (χ2v) is 7.61. The maximum atomic E-state index is 12.6. The number of para-hydroxylation sites is 2. The van der Waals surface area contributed by atoms with Crippen molar-refractivity contribution in [3.05, 3.63) is 63.5 Å². The number of nitrogens with zero attached hydrogens (tertiary/aromatic N) is 1. The van der Waals surface area contributed by atoms with Crippen LogP contribution in [0.3, 0.4) is 0 Å². The molecule has 0 aliphatic carbocycles. The lowest BCUT2D eigenvalue weighted by molar-refractivity contribution is -0.127. The molecular weight excluding hydrogens is 444 g/mol. The molecule has 144 valence electrons. The first kappa shape index (κ1) is 20.2. The topological polar surface area (TPSA) is 75.7 Å². The van der Waals surface area contributed by atoms with Crippen molar-refractivity contribution in [3.63, 3.8) is 0 Å². The fourth-order valence-corrected chi connectivity index (χ4v) is 3.77. The van der Waals surface area contributed by atoms with Gasteiger partial charge in [0, 0.05) is 10.0 Å². The molecule has 1 aliphatic rings.